The highest BCUT2D eigenvalue weighted by Crippen LogP contribution is 2.24. The van der Waals surface area contributed by atoms with Crippen LogP contribution in [0.2, 0.25) is 0 Å². The number of carbonyl (C=O) groups excluding carboxylic acids is 2. The van der Waals surface area contributed by atoms with Gasteiger partial charge in [0, 0.05) is 18.5 Å². The summed E-state index contributed by atoms with van der Waals surface area (Å²) in [7, 11) is 0. The molecule has 3 rings (SSSR count). The van der Waals surface area contributed by atoms with Crippen LogP contribution in [0.1, 0.15) is 49.7 Å². The summed E-state index contributed by atoms with van der Waals surface area (Å²) in [5.74, 6) is -0.632. The molecule has 1 aliphatic rings. The molecule has 0 unspecified atom stereocenters. The molecule has 0 spiro atoms. The Kier molecular flexibility index (Phi) is 6.64. The highest BCUT2D eigenvalue weighted by molar-refractivity contribution is 6.35. The summed E-state index contributed by atoms with van der Waals surface area (Å²) in [5.41, 5.74) is 2.23. The van der Waals surface area contributed by atoms with Gasteiger partial charge < -0.3 is 10.6 Å². The molecular formula is C23H28N2O2. The van der Waals surface area contributed by atoms with E-state index >= 15 is 0 Å². The highest BCUT2D eigenvalue weighted by Gasteiger charge is 2.26. The summed E-state index contributed by atoms with van der Waals surface area (Å²) < 4.78 is 0. The van der Waals surface area contributed by atoms with Gasteiger partial charge in [0.2, 0.25) is 0 Å². The van der Waals surface area contributed by atoms with Crippen molar-refractivity contribution in [3.05, 3.63) is 71.8 Å². The SMILES string of the molecule is C[C@H]1CCCC[C@@H]1NC(=O)C(=O)NCC(c1ccccc1)c1ccccc1. The lowest BCUT2D eigenvalue weighted by atomic mass is 9.86. The molecule has 0 aromatic heterocycles. The normalized spacial score (nSPS) is 19.5. The quantitative estimate of drug-likeness (QED) is 0.796. The van der Waals surface area contributed by atoms with Gasteiger partial charge in [0.15, 0.2) is 0 Å². The molecule has 0 saturated heterocycles. The molecule has 2 amide bonds. The van der Waals surface area contributed by atoms with Gasteiger partial charge in [0.25, 0.3) is 0 Å². The van der Waals surface area contributed by atoms with Gasteiger partial charge in [-0.25, -0.2) is 0 Å². The molecule has 4 nitrogen and oxygen atoms in total. The van der Waals surface area contributed by atoms with Crippen molar-refractivity contribution in [2.24, 2.45) is 5.92 Å². The average Bonchev–Trinajstić information content (AvgIpc) is 2.71. The lowest BCUT2D eigenvalue weighted by molar-refractivity contribution is -0.140. The third-order valence-corrected chi connectivity index (χ3v) is 5.50. The number of hydrogen-bond acceptors (Lipinski definition) is 2. The first-order valence-corrected chi connectivity index (χ1v) is 9.83. The second kappa shape index (κ2) is 9.36. The van der Waals surface area contributed by atoms with E-state index in [1.54, 1.807) is 0 Å². The van der Waals surface area contributed by atoms with Crippen LogP contribution in [0.5, 0.6) is 0 Å². The van der Waals surface area contributed by atoms with E-state index in [9.17, 15) is 9.59 Å². The first-order valence-electron chi connectivity index (χ1n) is 9.83. The predicted octanol–water partition coefficient (Wildman–Crippen LogP) is 3.63. The van der Waals surface area contributed by atoms with Gasteiger partial charge >= 0.3 is 11.8 Å². The molecule has 27 heavy (non-hydrogen) atoms. The zero-order chi connectivity index (χ0) is 19.1. The van der Waals surface area contributed by atoms with Gasteiger partial charge in [-0.1, -0.05) is 80.4 Å². The number of carbonyl (C=O) groups is 2. The Morgan fingerprint density at radius 3 is 2.00 bits per heavy atom. The van der Waals surface area contributed by atoms with E-state index in [2.05, 4.69) is 17.6 Å². The molecule has 142 valence electrons. The van der Waals surface area contributed by atoms with E-state index in [0.717, 1.165) is 30.4 Å². The fraction of sp³-hybridized carbons (Fsp3) is 0.391. The van der Waals surface area contributed by atoms with Gasteiger partial charge in [-0.3, -0.25) is 9.59 Å². The topological polar surface area (TPSA) is 58.2 Å². The van der Waals surface area contributed by atoms with Crippen LogP contribution >= 0.6 is 0 Å². The van der Waals surface area contributed by atoms with E-state index in [0.29, 0.717) is 12.5 Å². The molecule has 0 aliphatic heterocycles. The van der Waals surface area contributed by atoms with E-state index in [4.69, 9.17) is 0 Å². The van der Waals surface area contributed by atoms with Crippen LogP contribution in [-0.2, 0) is 9.59 Å². The van der Waals surface area contributed by atoms with Crippen LogP contribution in [0.4, 0.5) is 0 Å². The number of amides is 2. The summed E-state index contributed by atoms with van der Waals surface area (Å²) in [6, 6.07) is 20.2. The van der Waals surface area contributed by atoms with Crippen LogP contribution in [0.15, 0.2) is 60.7 Å². The molecule has 4 heteroatoms. The number of hydrogen-bond donors (Lipinski definition) is 2. The molecule has 2 atom stereocenters. The molecule has 0 bridgehead atoms. The predicted molar refractivity (Wildman–Crippen MR) is 107 cm³/mol. The largest absolute Gasteiger partial charge is 0.347 e. The van der Waals surface area contributed by atoms with E-state index in [-0.39, 0.29) is 12.0 Å². The lowest BCUT2D eigenvalue weighted by Gasteiger charge is -2.29. The van der Waals surface area contributed by atoms with Crippen LogP contribution < -0.4 is 10.6 Å². The number of benzene rings is 2. The summed E-state index contributed by atoms with van der Waals surface area (Å²) in [4.78, 5) is 24.7. The van der Waals surface area contributed by atoms with Crippen molar-refractivity contribution in [1.29, 1.82) is 0 Å². The first-order chi connectivity index (χ1) is 13.1. The van der Waals surface area contributed by atoms with Gasteiger partial charge in [-0.05, 0) is 29.9 Å². The minimum absolute atomic E-state index is 0.0118. The minimum Gasteiger partial charge on any atom is -0.347 e. The summed E-state index contributed by atoms with van der Waals surface area (Å²) in [6.45, 7) is 2.53. The Balaban J connectivity index is 1.63. The molecule has 2 aromatic carbocycles. The monoisotopic (exact) mass is 364 g/mol. The Morgan fingerprint density at radius 2 is 1.44 bits per heavy atom. The Labute approximate surface area is 161 Å². The van der Waals surface area contributed by atoms with E-state index < -0.39 is 11.8 Å². The Hall–Kier alpha value is -2.62. The highest BCUT2D eigenvalue weighted by atomic mass is 16.2. The fourth-order valence-corrected chi connectivity index (χ4v) is 3.84. The van der Waals surface area contributed by atoms with Gasteiger partial charge in [0.1, 0.15) is 0 Å². The zero-order valence-electron chi connectivity index (χ0n) is 15.9. The van der Waals surface area contributed by atoms with Gasteiger partial charge in [-0.2, -0.15) is 0 Å². The molecule has 2 aromatic rings. The molecule has 0 heterocycles. The van der Waals surface area contributed by atoms with Crippen molar-refractivity contribution in [3.63, 3.8) is 0 Å². The maximum Gasteiger partial charge on any atom is 0.309 e. The zero-order valence-corrected chi connectivity index (χ0v) is 15.9. The lowest BCUT2D eigenvalue weighted by Crippen LogP contribution is -2.48. The fourth-order valence-electron chi connectivity index (χ4n) is 3.84. The first kappa shape index (κ1) is 19.2. The number of nitrogens with one attached hydrogen (secondary N) is 2. The molecule has 1 aliphatic carbocycles. The third kappa shape index (κ3) is 5.19. The van der Waals surface area contributed by atoms with Crippen LogP contribution in [0, 0.1) is 5.92 Å². The molecule has 1 saturated carbocycles. The number of rotatable bonds is 5. The van der Waals surface area contributed by atoms with E-state index in [1.807, 2.05) is 60.7 Å². The molecule has 2 N–H and O–H groups in total. The van der Waals surface area contributed by atoms with Crippen molar-refractivity contribution in [2.45, 2.75) is 44.6 Å². The summed E-state index contributed by atoms with van der Waals surface area (Å²) in [5, 5.41) is 5.75. The van der Waals surface area contributed by atoms with Crippen molar-refractivity contribution < 1.29 is 9.59 Å². The Bertz CT molecular complexity index is 706. The molecule has 0 radical (unpaired) electrons. The van der Waals surface area contributed by atoms with Gasteiger partial charge in [-0.15, -0.1) is 0 Å². The molecule has 1 fully saturated rings. The maximum atomic E-state index is 12.4. The Morgan fingerprint density at radius 1 is 0.889 bits per heavy atom. The van der Waals surface area contributed by atoms with Crippen LogP contribution in [-0.4, -0.2) is 24.4 Å². The van der Waals surface area contributed by atoms with Crippen molar-refractivity contribution in [1.82, 2.24) is 10.6 Å². The third-order valence-electron chi connectivity index (χ3n) is 5.50. The second-order valence-electron chi connectivity index (χ2n) is 7.43. The van der Waals surface area contributed by atoms with Crippen molar-refractivity contribution >= 4 is 11.8 Å². The van der Waals surface area contributed by atoms with Crippen LogP contribution in [0.25, 0.3) is 0 Å². The maximum absolute atomic E-state index is 12.4. The molecular weight excluding hydrogens is 336 g/mol. The smallest absolute Gasteiger partial charge is 0.309 e. The van der Waals surface area contributed by atoms with Gasteiger partial charge in [0.05, 0.1) is 0 Å². The van der Waals surface area contributed by atoms with Crippen molar-refractivity contribution in [3.8, 4) is 0 Å². The summed E-state index contributed by atoms with van der Waals surface area (Å²) in [6.07, 6.45) is 4.38. The average molecular weight is 364 g/mol. The van der Waals surface area contributed by atoms with Crippen molar-refractivity contribution in [2.75, 3.05) is 6.54 Å². The van der Waals surface area contributed by atoms with E-state index in [1.165, 1.54) is 6.42 Å². The summed E-state index contributed by atoms with van der Waals surface area (Å²) >= 11 is 0. The van der Waals surface area contributed by atoms with Crippen LogP contribution in [0.3, 0.4) is 0 Å². The second-order valence-corrected chi connectivity index (χ2v) is 7.43. The standard InChI is InChI=1S/C23H28N2O2/c1-17-10-8-9-15-21(17)25-23(27)22(26)24-16-20(18-11-4-2-5-12-18)19-13-6-3-7-14-19/h2-7,11-14,17,20-21H,8-10,15-16H2,1H3,(H,24,26)(H,25,27)/t17-,21-/m0/s1. The minimum atomic E-state index is -0.551.